The molecular formula is C15H13BrClNO. The van der Waals surface area contributed by atoms with Gasteiger partial charge in [0.1, 0.15) is 6.10 Å². The van der Waals surface area contributed by atoms with Crippen LogP contribution in [0.1, 0.15) is 17.2 Å². The van der Waals surface area contributed by atoms with E-state index in [4.69, 9.17) is 11.6 Å². The van der Waals surface area contributed by atoms with Crippen molar-refractivity contribution in [3.05, 3.63) is 63.1 Å². The van der Waals surface area contributed by atoms with Gasteiger partial charge in [0.15, 0.2) is 0 Å². The minimum atomic E-state index is -0.627. The summed E-state index contributed by atoms with van der Waals surface area (Å²) in [4.78, 5) is 0. The van der Waals surface area contributed by atoms with Crippen LogP contribution in [0.2, 0.25) is 5.02 Å². The lowest BCUT2D eigenvalue weighted by atomic mass is 9.99. The summed E-state index contributed by atoms with van der Waals surface area (Å²) in [6.45, 7) is 0. The Balaban J connectivity index is 1.87. The molecule has 1 heterocycles. The van der Waals surface area contributed by atoms with Crippen molar-refractivity contribution in [2.75, 3.05) is 5.32 Å². The fourth-order valence-electron chi connectivity index (χ4n) is 2.48. The second-order valence-electron chi connectivity index (χ2n) is 4.72. The molecule has 2 unspecified atom stereocenters. The van der Waals surface area contributed by atoms with E-state index in [1.165, 1.54) is 5.56 Å². The van der Waals surface area contributed by atoms with Crippen molar-refractivity contribution in [1.82, 2.24) is 0 Å². The van der Waals surface area contributed by atoms with Crippen LogP contribution in [-0.2, 0) is 6.42 Å². The highest BCUT2D eigenvalue weighted by Gasteiger charge is 2.28. The van der Waals surface area contributed by atoms with Gasteiger partial charge in [0, 0.05) is 20.7 Å². The minimum absolute atomic E-state index is 0.0378. The van der Waals surface area contributed by atoms with Gasteiger partial charge in [-0.25, -0.2) is 0 Å². The Kier molecular flexibility index (Phi) is 3.52. The number of aliphatic hydroxyl groups excluding tert-OH is 1. The zero-order valence-corrected chi connectivity index (χ0v) is 12.4. The van der Waals surface area contributed by atoms with Gasteiger partial charge in [0.25, 0.3) is 0 Å². The van der Waals surface area contributed by atoms with Crippen LogP contribution >= 0.6 is 27.5 Å². The molecule has 98 valence electrons. The number of benzene rings is 2. The molecule has 0 aromatic heterocycles. The van der Waals surface area contributed by atoms with Gasteiger partial charge >= 0.3 is 0 Å². The number of anilines is 1. The molecule has 0 amide bonds. The molecule has 0 radical (unpaired) electrons. The Morgan fingerprint density at radius 3 is 2.84 bits per heavy atom. The van der Waals surface area contributed by atoms with Gasteiger partial charge in [-0.2, -0.15) is 0 Å². The van der Waals surface area contributed by atoms with E-state index >= 15 is 0 Å². The van der Waals surface area contributed by atoms with E-state index in [1.54, 1.807) is 6.07 Å². The average molecular weight is 339 g/mol. The summed E-state index contributed by atoms with van der Waals surface area (Å²) in [7, 11) is 0. The highest BCUT2D eigenvalue weighted by atomic mass is 79.9. The minimum Gasteiger partial charge on any atom is -0.386 e. The van der Waals surface area contributed by atoms with Crippen LogP contribution in [0.4, 0.5) is 5.69 Å². The van der Waals surface area contributed by atoms with E-state index in [9.17, 15) is 5.11 Å². The maximum absolute atomic E-state index is 10.5. The Bertz CT molecular complexity index is 592. The standard InChI is InChI=1S/C15H13BrClNO/c16-10-5-6-12(17)11(8-10)15(19)14-7-9-3-1-2-4-13(9)18-14/h1-6,8,14-15,18-19H,7H2. The summed E-state index contributed by atoms with van der Waals surface area (Å²) in [5.74, 6) is 0. The molecule has 1 aliphatic heterocycles. The SMILES string of the molecule is OC(c1cc(Br)ccc1Cl)C1Cc2ccccc2N1. The summed E-state index contributed by atoms with van der Waals surface area (Å²) < 4.78 is 0.918. The Hall–Kier alpha value is -1.03. The molecule has 0 aliphatic carbocycles. The van der Waals surface area contributed by atoms with Crippen LogP contribution in [-0.4, -0.2) is 11.1 Å². The normalized spacial score (nSPS) is 18.8. The maximum atomic E-state index is 10.5. The van der Waals surface area contributed by atoms with Crippen LogP contribution in [0.25, 0.3) is 0 Å². The zero-order chi connectivity index (χ0) is 13.4. The van der Waals surface area contributed by atoms with Crippen LogP contribution in [0.15, 0.2) is 46.9 Å². The summed E-state index contributed by atoms with van der Waals surface area (Å²) in [5.41, 5.74) is 3.08. The van der Waals surface area contributed by atoms with Gasteiger partial charge in [-0.3, -0.25) is 0 Å². The predicted molar refractivity (Wildman–Crippen MR) is 81.7 cm³/mol. The second kappa shape index (κ2) is 5.16. The summed E-state index contributed by atoms with van der Waals surface area (Å²) >= 11 is 9.58. The molecule has 0 spiro atoms. The molecule has 2 aromatic carbocycles. The van der Waals surface area contributed by atoms with E-state index in [0.29, 0.717) is 5.02 Å². The van der Waals surface area contributed by atoms with E-state index in [1.807, 2.05) is 30.3 Å². The molecule has 0 fully saturated rings. The van der Waals surface area contributed by atoms with Crippen molar-refractivity contribution in [2.24, 2.45) is 0 Å². The monoisotopic (exact) mass is 337 g/mol. The molecule has 0 saturated heterocycles. The molecule has 2 nitrogen and oxygen atoms in total. The molecule has 19 heavy (non-hydrogen) atoms. The number of fused-ring (bicyclic) bond motifs is 1. The molecule has 4 heteroatoms. The number of hydrogen-bond acceptors (Lipinski definition) is 2. The molecule has 1 aliphatic rings. The third-order valence-electron chi connectivity index (χ3n) is 3.46. The Morgan fingerprint density at radius 2 is 2.05 bits per heavy atom. The highest BCUT2D eigenvalue weighted by Crippen LogP contribution is 2.35. The molecule has 2 atom stereocenters. The molecule has 3 rings (SSSR count). The smallest absolute Gasteiger partial charge is 0.101 e. The zero-order valence-electron chi connectivity index (χ0n) is 10.1. The first kappa shape index (κ1) is 13.0. The first-order chi connectivity index (χ1) is 9.15. The van der Waals surface area contributed by atoms with Crippen molar-refractivity contribution in [3.63, 3.8) is 0 Å². The van der Waals surface area contributed by atoms with Gasteiger partial charge in [-0.05, 0) is 36.2 Å². The topological polar surface area (TPSA) is 32.3 Å². The quantitative estimate of drug-likeness (QED) is 0.861. The predicted octanol–water partition coefficient (Wildman–Crippen LogP) is 4.17. The summed E-state index contributed by atoms with van der Waals surface area (Å²) in [6, 6.07) is 13.6. The largest absolute Gasteiger partial charge is 0.386 e. The van der Waals surface area contributed by atoms with E-state index in [0.717, 1.165) is 22.1 Å². The van der Waals surface area contributed by atoms with E-state index in [-0.39, 0.29) is 6.04 Å². The van der Waals surface area contributed by atoms with Crippen molar-refractivity contribution in [1.29, 1.82) is 0 Å². The Morgan fingerprint density at radius 1 is 1.26 bits per heavy atom. The fraction of sp³-hybridized carbons (Fsp3) is 0.200. The van der Waals surface area contributed by atoms with E-state index in [2.05, 4.69) is 27.3 Å². The third-order valence-corrected chi connectivity index (χ3v) is 4.29. The lowest BCUT2D eigenvalue weighted by molar-refractivity contribution is 0.157. The van der Waals surface area contributed by atoms with E-state index < -0.39 is 6.10 Å². The first-order valence-electron chi connectivity index (χ1n) is 6.12. The van der Waals surface area contributed by atoms with Gasteiger partial charge in [0.2, 0.25) is 0 Å². The van der Waals surface area contributed by atoms with Crippen molar-refractivity contribution in [2.45, 2.75) is 18.6 Å². The van der Waals surface area contributed by atoms with Crippen molar-refractivity contribution in [3.8, 4) is 0 Å². The van der Waals surface area contributed by atoms with Gasteiger partial charge in [-0.15, -0.1) is 0 Å². The number of halogens is 2. The van der Waals surface area contributed by atoms with Crippen LogP contribution in [0.5, 0.6) is 0 Å². The maximum Gasteiger partial charge on any atom is 0.101 e. The van der Waals surface area contributed by atoms with Gasteiger partial charge in [0.05, 0.1) is 6.04 Å². The van der Waals surface area contributed by atoms with Crippen molar-refractivity contribution >= 4 is 33.2 Å². The molecule has 0 saturated carbocycles. The number of hydrogen-bond donors (Lipinski definition) is 2. The lowest BCUT2D eigenvalue weighted by Crippen LogP contribution is -2.25. The van der Waals surface area contributed by atoms with Crippen LogP contribution in [0.3, 0.4) is 0 Å². The molecule has 2 aromatic rings. The average Bonchev–Trinajstić information content (AvgIpc) is 2.84. The number of para-hydroxylation sites is 1. The number of aliphatic hydroxyl groups is 1. The highest BCUT2D eigenvalue weighted by molar-refractivity contribution is 9.10. The lowest BCUT2D eigenvalue weighted by Gasteiger charge is -2.20. The molecular weight excluding hydrogens is 326 g/mol. The second-order valence-corrected chi connectivity index (χ2v) is 6.05. The van der Waals surface area contributed by atoms with Crippen molar-refractivity contribution < 1.29 is 5.11 Å². The first-order valence-corrected chi connectivity index (χ1v) is 7.29. The Labute approximate surface area is 125 Å². The van der Waals surface area contributed by atoms with Gasteiger partial charge in [-0.1, -0.05) is 45.7 Å². The van der Waals surface area contributed by atoms with Crippen LogP contribution < -0.4 is 5.32 Å². The fourth-order valence-corrected chi connectivity index (χ4v) is 3.08. The number of nitrogens with one attached hydrogen (secondary N) is 1. The van der Waals surface area contributed by atoms with Crippen LogP contribution in [0, 0.1) is 0 Å². The number of rotatable bonds is 2. The summed E-state index contributed by atoms with van der Waals surface area (Å²) in [6.07, 6.45) is 0.178. The van der Waals surface area contributed by atoms with Gasteiger partial charge < -0.3 is 10.4 Å². The molecule has 0 bridgehead atoms. The molecule has 2 N–H and O–H groups in total. The summed E-state index contributed by atoms with van der Waals surface area (Å²) in [5, 5.41) is 14.5. The third kappa shape index (κ3) is 2.50.